The third-order valence-electron chi connectivity index (χ3n) is 2.87. The molecule has 0 aliphatic rings. The largest absolute Gasteiger partial charge is 0.497 e. The highest BCUT2D eigenvalue weighted by Gasteiger charge is 2.09. The quantitative estimate of drug-likeness (QED) is 0.690. The lowest BCUT2D eigenvalue weighted by Crippen LogP contribution is -1.85. The lowest BCUT2D eigenvalue weighted by molar-refractivity contribution is 0.391. The number of aromatic nitrogens is 2. The SMILES string of the molecule is COc1ccc(-c2noc(CSCc3ccco3)n2)cc1. The molecule has 21 heavy (non-hydrogen) atoms. The number of hydrogen-bond acceptors (Lipinski definition) is 6. The van der Waals surface area contributed by atoms with Crippen LogP contribution in [0.3, 0.4) is 0 Å². The summed E-state index contributed by atoms with van der Waals surface area (Å²) in [7, 11) is 1.64. The molecule has 1 aromatic carbocycles. The zero-order valence-electron chi connectivity index (χ0n) is 11.5. The van der Waals surface area contributed by atoms with Crippen molar-refractivity contribution in [1.29, 1.82) is 0 Å². The number of hydrogen-bond donors (Lipinski definition) is 0. The van der Waals surface area contributed by atoms with Gasteiger partial charge in [0.25, 0.3) is 0 Å². The minimum atomic E-state index is 0.589. The summed E-state index contributed by atoms with van der Waals surface area (Å²) < 4.78 is 15.6. The summed E-state index contributed by atoms with van der Waals surface area (Å²) in [6, 6.07) is 11.4. The molecule has 0 bridgehead atoms. The van der Waals surface area contributed by atoms with Gasteiger partial charge in [0, 0.05) is 5.56 Å². The van der Waals surface area contributed by atoms with E-state index in [-0.39, 0.29) is 0 Å². The van der Waals surface area contributed by atoms with Gasteiger partial charge in [0.05, 0.1) is 24.9 Å². The number of ether oxygens (including phenoxy) is 1. The first kappa shape index (κ1) is 13.8. The predicted octanol–water partition coefficient (Wildman–Crippen LogP) is 3.77. The lowest BCUT2D eigenvalue weighted by Gasteiger charge is -1.98. The van der Waals surface area contributed by atoms with Gasteiger partial charge in [-0.1, -0.05) is 5.16 Å². The molecule has 0 fully saturated rings. The Kier molecular flexibility index (Phi) is 4.25. The highest BCUT2D eigenvalue weighted by molar-refractivity contribution is 7.97. The van der Waals surface area contributed by atoms with Crippen LogP contribution in [-0.2, 0) is 11.5 Å². The average molecular weight is 302 g/mol. The van der Waals surface area contributed by atoms with Gasteiger partial charge in [0.15, 0.2) is 0 Å². The maximum absolute atomic E-state index is 5.27. The van der Waals surface area contributed by atoms with Crippen LogP contribution in [0.2, 0.25) is 0 Å². The van der Waals surface area contributed by atoms with E-state index in [1.807, 2.05) is 36.4 Å². The zero-order chi connectivity index (χ0) is 14.5. The second kappa shape index (κ2) is 6.49. The second-order valence-electron chi connectivity index (χ2n) is 4.31. The van der Waals surface area contributed by atoms with E-state index in [0.29, 0.717) is 17.5 Å². The standard InChI is InChI=1S/C15H14N2O3S/c1-18-12-6-4-11(5-7-12)15-16-14(20-17-15)10-21-9-13-3-2-8-19-13/h2-8H,9-10H2,1H3. The first-order valence-corrected chi connectivity index (χ1v) is 7.58. The molecule has 0 saturated carbocycles. The van der Waals surface area contributed by atoms with E-state index in [4.69, 9.17) is 13.7 Å². The monoisotopic (exact) mass is 302 g/mol. The van der Waals surface area contributed by atoms with Crippen LogP contribution in [0.5, 0.6) is 5.75 Å². The average Bonchev–Trinajstić information content (AvgIpc) is 3.19. The Bertz CT molecular complexity index is 677. The van der Waals surface area contributed by atoms with Gasteiger partial charge in [-0.15, -0.1) is 11.8 Å². The maximum Gasteiger partial charge on any atom is 0.236 e. The second-order valence-corrected chi connectivity index (χ2v) is 5.30. The van der Waals surface area contributed by atoms with Crippen molar-refractivity contribution in [2.24, 2.45) is 0 Å². The molecule has 0 atom stereocenters. The predicted molar refractivity (Wildman–Crippen MR) is 80.0 cm³/mol. The number of furan rings is 1. The number of nitrogens with zero attached hydrogens (tertiary/aromatic N) is 2. The number of rotatable bonds is 6. The Morgan fingerprint density at radius 1 is 1.14 bits per heavy atom. The van der Waals surface area contributed by atoms with Gasteiger partial charge < -0.3 is 13.7 Å². The zero-order valence-corrected chi connectivity index (χ0v) is 12.3. The molecule has 2 aromatic heterocycles. The van der Waals surface area contributed by atoms with Crippen LogP contribution in [-0.4, -0.2) is 17.3 Å². The van der Waals surface area contributed by atoms with E-state index in [1.165, 1.54) is 0 Å². The van der Waals surface area contributed by atoms with Gasteiger partial charge in [-0.25, -0.2) is 0 Å². The summed E-state index contributed by atoms with van der Waals surface area (Å²) in [6.07, 6.45) is 1.67. The Morgan fingerprint density at radius 3 is 2.71 bits per heavy atom. The molecular weight excluding hydrogens is 288 g/mol. The van der Waals surface area contributed by atoms with Crippen molar-refractivity contribution in [3.8, 4) is 17.1 Å². The molecule has 0 aliphatic heterocycles. The molecule has 0 spiro atoms. The number of methoxy groups -OCH3 is 1. The van der Waals surface area contributed by atoms with Crippen molar-refractivity contribution in [3.63, 3.8) is 0 Å². The van der Waals surface area contributed by atoms with Crippen LogP contribution in [0.25, 0.3) is 11.4 Å². The molecule has 3 aromatic rings. The highest BCUT2D eigenvalue weighted by Crippen LogP contribution is 2.22. The van der Waals surface area contributed by atoms with Gasteiger partial charge in [0.1, 0.15) is 11.5 Å². The fourth-order valence-corrected chi connectivity index (χ4v) is 2.56. The van der Waals surface area contributed by atoms with Crippen LogP contribution in [0.1, 0.15) is 11.7 Å². The molecular formula is C15H14N2O3S. The Hall–Kier alpha value is -2.21. The topological polar surface area (TPSA) is 61.3 Å². The van der Waals surface area contributed by atoms with E-state index < -0.39 is 0 Å². The minimum absolute atomic E-state index is 0.589. The van der Waals surface area contributed by atoms with Crippen molar-refractivity contribution >= 4 is 11.8 Å². The normalized spacial score (nSPS) is 10.7. The molecule has 0 amide bonds. The summed E-state index contributed by atoms with van der Waals surface area (Å²) in [5.74, 6) is 4.38. The van der Waals surface area contributed by atoms with E-state index in [1.54, 1.807) is 25.1 Å². The maximum atomic E-state index is 5.27. The summed E-state index contributed by atoms with van der Waals surface area (Å²) in [6.45, 7) is 0. The number of benzene rings is 1. The Balaban J connectivity index is 1.60. The number of thioether (sulfide) groups is 1. The van der Waals surface area contributed by atoms with E-state index in [9.17, 15) is 0 Å². The van der Waals surface area contributed by atoms with Crippen LogP contribution in [0.15, 0.2) is 51.6 Å². The molecule has 5 nitrogen and oxygen atoms in total. The molecule has 0 radical (unpaired) electrons. The molecule has 0 saturated heterocycles. The summed E-state index contributed by atoms with van der Waals surface area (Å²) in [5.41, 5.74) is 0.904. The van der Waals surface area contributed by atoms with Crippen molar-refractivity contribution in [3.05, 3.63) is 54.3 Å². The third-order valence-corrected chi connectivity index (χ3v) is 3.81. The first-order chi connectivity index (χ1) is 10.3. The van der Waals surface area contributed by atoms with Crippen molar-refractivity contribution in [2.75, 3.05) is 7.11 Å². The smallest absolute Gasteiger partial charge is 0.236 e. The van der Waals surface area contributed by atoms with E-state index >= 15 is 0 Å². The molecule has 0 aliphatic carbocycles. The van der Waals surface area contributed by atoms with E-state index in [0.717, 1.165) is 22.8 Å². The van der Waals surface area contributed by atoms with Crippen molar-refractivity contribution < 1.29 is 13.7 Å². The fourth-order valence-electron chi connectivity index (χ4n) is 1.80. The first-order valence-electron chi connectivity index (χ1n) is 6.42. The van der Waals surface area contributed by atoms with Crippen molar-refractivity contribution in [1.82, 2.24) is 10.1 Å². The lowest BCUT2D eigenvalue weighted by atomic mass is 10.2. The summed E-state index contributed by atoms with van der Waals surface area (Å²) >= 11 is 1.67. The molecule has 3 rings (SSSR count). The van der Waals surface area contributed by atoms with Crippen LogP contribution in [0, 0.1) is 0 Å². The van der Waals surface area contributed by atoms with Crippen LogP contribution < -0.4 is 4.74 Å². The molecule has 0 unspecified atom stereocenters. The molecule has 0 N–H and O–H groups in total. The molecule has 108 valence electrons. The summed E-state index contributed by atoms with van der Waals surface area (Å²) in [5, 5.41) is 3.99. The van der Waals surface area contributed by atoms with Crippen molar-refractivity contribution in [2.45, 2.75) is 11.5 Å². The van der Waals surface area contributed by atoms with Gasteiger partial charge in [-0.05, 0) is 36.4 Å². The van der Waals surface area contributed by atoms with E-state index in [2.05, 4.69) is 10.1 Å². The van der Waals surface area contributed by atoms with Crippen LogP contribution >= 0.6 is 11.8 Å². The van der Waals surface area contributed by atoms with Gasteiger partial charge >= 0.3 is 0 Å². The summed E-state index contributed by atoms with van der Waals surface area (Å²) in [4.78, 5) is 4.38. The minimum Gasteiger partial charge on any atom is -0.497 e. The fraction of sp³-hybridized carbons (Fsp3) is 0.200. The van der Waals surface area contributed by atoms with Gasteiger partial charge in [-0.2, -0.15) is 4.98 Å². The Morgan fingerprint density at radius 2 is 2.00 bits per heavy atom. The highest BCUT2D eigenvalue weighted by atomic mass is 32.2. The van der Waals surface area contributed by atoms with Crippen LogP contribution in [0.4, 0.5) is 0 Å². The third kappa shape index (κ3) is 3.46. The molecule has 6 heteroatoms. The van der Waals surface area contributed by atoms with Gasteiger partial charge in [0.2, 0.25) is 11.7 Å². The van der Waals surface area contributed by atoms with Gasteiger partial charge in [-0.3, -0.25) is 0 Å². The molecule has 2 heterocycles. The Labute approximate surface area is 126 Å².